The number of carbonyl (C=O) groups excluding carboxylic acids is 1. The maximum absolute atomic E-state index is 12.5. The number of hydrogen-bond acceptors (Lipinski definition) is 9. The molecule has 0 unspecified atom stereocenters. The van der Waals surface area contributed by atoms with E-state index in [1.165, 1.54) is 20.1 Å². The van der Waals surface area contributed by atoms with Crippen molar-refractivity contribution in [1.82, 2.24) is 9.36 Å². The molecular weight excluding hydrogens is 476 g/mol. The van der Waals surface area contributed by atoms with Gasteiger partial charge in [-0.05, 0) is 36.3 Å². The summed E-state index contributed by atoms with van der Waals surface area (Å²) in [5.41, 5.74) is 2.50. The molecule has 0 atom stereocenters. The molecule has 9 nitrogen and oxygen atoms in total. The Morgan fingerprint density at radius 2 is 1.94 bits per heavy atom. The highest BCUT2D eigenvalue weighted by molar-refractivity contribution is 7.91. The van der Waals surface area contributed by atoms with Gasteiger partial charge in [0.15, 0.2) is 11.5 Å². The van der Waals surface area contributed by atoms with Gasteiger partial charge in [0.1, 0.15) is 18.2 Å². The van der Waals surface area contributed by atoms with Gasteiger partial charge in [0.2, 0.25) is 15.0 Å². The van der Waals surface area contributed by atoms with E-state index in [4.69, 9.17) is 9.47 Å². The minimum absolute atomic E-state index is 0.0180. The van der Waals surface area contributed by atoms with Crippen LogP contribution in [0.25, 0.3) is 6.08 Å². The van der Waals surface area contributed by atoms with Gasteiger partial charge in [0.25, 0.3) is 11.1 Å². The predicted octanol–water partition coefficient (Wildman–Crippen LogP) is 3.77. The van der Waals surface area contributed by atoms with Crippen LogP contribution >= 0.6 is 11.5 Å². The van der Waals surface area contributed by atoms with Crippen molar-refractivity contribution in [3.05, 3.63) is 64.7 Å². The Labute approximate surface area is 201 Å². The van der Waals surface area contributed by atoms with E-state index in [-0.39, 0.29) is 21.6 Å². The molecule has 3 rings (SSSR count). The van der Waals surface area contributed by atoms with Gasteiger partial charge in [0.05, 0.1) is 12.9 Å². The number of carbonyl (C=O) groups is 1. The lowest BCUT2D eigenvalue weighted by Gasteiger charge is -2.12. The second kappa shape index (κ2) is 10.9. The number of nitriles is 1. The first kappa shape index (κ1) is 24.9. The average Bonchev–Trinajstić information content (AvgIpc) is 3.31. The van der Waals surface area contributed by atoms with Crippen LogP contribution in [0.15, 0.2) is 53.2 Å². The molecule has 0 bridgehead atoms. The number of benzene rings is 2. The number of aromatic nitrogens is 2. The number of rotatable bonds is 9. The van der Waals surface area contributed by atoms with Gasteiger partial charge >= 0.3 is 0 Å². The van der Waals surface area contributed by atoms with E-state index in [1.54, 1.807) is 18.2 Å². The van der Waals surface area contributed by atoms with Crippen LogP contribution in [-0.4, -0.2) is 36.5 Å². The van der Waals surface area contributed by atoms with E-state index in [2.05, 4.69) is 14.7 Å². The van der Waals surface area contributed by atoms with Crippen LogP contribution in [0.4, 0.5) is 5.13 Å². The molecule has 0 fully saturated rings. The zero-order valence-corrected chi connectivity index (χ0v) is 20.4. The van der Waals surface area contributed by atoms with Crippen LogP contribution in [0.2, 0.25) is 0 Å². The van der Waals surface area contributed by atoms with Crippen LogP contribution in [0.5, 0.6) is 11.5 Å². The van der Waals surface area contributed by atoms with E-state index >= 15 is 0 Å². The minimum atomic E-state index is -3.59. The zero-order valence-electron chi connectivity index (χ0n) is 18.7. The molecule has 1 aromatic heterocycles. The Hall–Kier alpha value is -3.75. The Morgan fingerprint density at radius 1 is 1.21 bits per heavy atom. The molecule has 1 amide bonds. The Bertz CT molecular complexity index is 1360. The summed E-state index contributed by atoms with van der Waals surface area (Å²) in [5, 5.41) is 11.5. The molecule has 0 aliphatic heterocycles. The molecular formula is C23H22N4O5S2. The number of amides is 1. The fourth-order valence-corrected chi connectivity index (χ4v) is 4.32. The Morgan fingerprint density at radius 3 is 2.59 bits per heavy atom. The van der Waals surface area contributed by atoms with Crippen molar-refractivity contribution in [3.63, 3.8) is 0 Å². The molecule has 0 aliphatic carbocycles. The van der Waals surface area contributed by atoms with Gasteiger partial charge < -0.3 is 9.47 Å². The summed E-state index contributed by atoms with van der Waals surface area (Å²) in [6.45, 7) is 3.84. The second-order valence-corrected chi connectivity index (χ2v) is 10.0. The highest BCUT2D eigenvalue weighted by Gasteiger charge is 2.20. The second-order valence-electron chi connectivity index (χ2n) is 7.09. The predicted molar refractivity (Wildman–Crippen MR) is 128 cm³/mol. The first-order valence-corrected chi connectivity index (χ1v) is 12.5. The van der Waals surface area contributed by atoms with Gasteiger partial charge in [-0.15, -0.1) is 0 Å². The maximum atomic E-state index is 12.5. The van der Waals surface area contributed by atoms with E-state index in [9.17, 15) is 18.5 Å². The SMILES string of the molecule is CCS(=O)(=O)c1nsc(NC(=O)/C(C#N)=C\c2ccc(OCc3ccc(C)cc3)c(OC)c2)n1. The quantitative estimate of drug-likeness (QED) is 0.348. The third-order valence-corrected chi connectivity index (χ3v) is 6.91. The zero-order chi connectivity index (χ0) is 24.7. The number of aryl methyl sites for hydroxylation is 1. The molecule has 176 valence electrons. The summed E-state index contributed by atoms with van der Waals surface area (Å²) >= 11 is 0.721. The molecule has 0 saturated carbocycles. The third kappa shape index (κ3) is 6.18. The van der Waals surface area contributed by atoms with Crippen molar-refractivity contribution in [3.8, 4) is 17.6 Å². The van der Waals surface area contributed by atoms with Crippen LogP contribution < -0.4 is 14.8 Å². The average molecular weight is 499 g/mol. The summed E-state index contributed by atoms with van der Waals surface area (Å²) < 4.78 is 38.7. The van der Waals surface area contributed by atoms with Crippen molar-refractivity contribution in [2.24, 2.45) is 0 Å². The van der Waals surface area contributed by atoms with E-state index in [0.29, 0.717) is 23.7 Å². The van der Waals surface area contributed by atoms with Gasteiger partial charge in [-0.2, -0.15) is 14.6 Å². The molecule has 3 aromatic rings. The highest BCUT2D eigenvalue weighted by Crippen LogP contribution is 2.30. The Kier molecular flexibility index (Phi) is 7.99. The molecule has 0 radical (unpaired) electrons. The normalized spacial score (nSPS) is 11.5. The number of ether oxygens (including phenoxy) is 2. The van der Waals surface area contributed by atoms with Crippen LogP contribution in [0, 0.1) is 18.3 Å². The van der Waals surface area contributed by atoms with Crippen molar-refractivity contribution >= 4 is 38.5 Å². The van der Waals surface area contributed by atoms with Crippen LogP contribution in [-0.2, 0) is 21.2 Å². The molecule has 2 aromatic carbocycles. The lowest BCUT2D eigenvalue weighted by atomic mass is 10.1. The summed E-state index contributed by atoms with van der Waals surface area (Å²) in [5.74, 6) is 0.0593. The first-order chi connectivity index (χ1) is 16.2. The van der Waals surface area contributed by atoms with Gasteiger partial charge in [-0.1, -0.05) is 42.8 Å². The molecule has 0 saturated heterocycles. The summed E-state index contributed by atoms with van der Waals surface area (Å²) in [6.07, 6.45) is 1.38. The molecule has 34 heavy (non-hydrogen) atoms. The van der Waals surface area contributed by atoms with Crippen molar-refractivity contribution in [1.29, 1.82) is 5.26 Å². The lowest BCUT2D eigenvalue weighted by molar-refractivity contribution is -0.112. The van der Waals surface area contributed by atoms with Crippen LogP contribution in [0.1, 0.15) is 23.6 Å². The number of hydrogen-bond donors (Lipinski definition) is 1. The van der Waals surface area contributed by atoms with Crippen molar-refractivity contribution in [2.75, 3.05) is 18.2 Å². The summed E-state index contributed by atoms with van der Waals surface area (Å²) in [7, 11) is -2.10. The van der Waals surface area contributed by atoms with Crippen molar-refractivity contribution in [2.45, 2.75) is 25.6 Å². The largest absolute Gasteiger partial charge is 0.493 e. The molecule has 11 heteroatoms. The number of anilines is 1. The van der Waals surface area contributed by atoms with Gasteiger partial charge in [0, 0.05) is 11.5 Å². The maximum Gasteiger partial charge on any atom is 0.268 e. The lowest BCUT2D eigenvalue weighted by Crippen LogP contribution is -2.13. The standard InChI is InChI=1S/C23H22N4O5S2/c1-4-34(29,30)23-26-22(33-27-23)25-21(28)18(13-24)11-17-9-10-19(20(12-17)31-3)32-14-16-7-5-15(2)6-8-16/h5-12H,4,14H2,1-3H3,(H,25,26,27,28)/b18-11-. The first-order valence-electron chi connectivity index (χ1n) is 10.1. The molecule has 0 spiro atoms. The third-order valence-electron chi connectivity index (χ3n) is 4.66. The van der Waals surface area contributed by atoms with E-state index in [0.717, 1.165) is 22.7 Å². The Balaban J connectivity index is 1.74. The number of nitrogens with one attached hydrogen (secondary N) is 1. The minimum Gasteiger partial charge on any atom is -0.493 e. The fraction of sp³-hybridized carbons (Fsp3) is 0.217. The highest BCUT2D eigenvalue weighted by atomic mass is 32.2. The monoisotopic (exact) mass is 498 g/mol. The van der Waals surface area contributed by atoms with E-state index in [1.807, 2.05) is 37.3 Å². The molecule has 1 heterocycles. The van der Waals surface area contributed by atoms with Crippen molar-refractivity contribution < 1.29 is 22.7 Å². The molecule has 0 aliphatic rings. The summed E-state index contributed by atoms with van der Waals surface area (Å²) in [6, 6.07) is 14.8. The fourth-order valence-electron chi connectivity index (χ4n) is 2.73. The van der Waals surface area contributed by atoms with Crippen LogP contribution in [0.3, 0.4) is 0 Å². The number of sulfone groups is 1. The molecule has 1 N–H and O–H groups in total. The smallest absolute Gasteiger partial charge is 0.268 e. The van der Waals surface area contributed by atoms with Gasteiger partial charge in [-0.3, -0.25) is 10.1 Å². The topological polar surface area (TPSA) is 131 Å². The summed E-state index contributed by atoms with van der Waals surface area (Å²) in [4.78, 5) is 16.3. The van der Waals surface area contributed by atoms with E-state index < -0.39 is 15.7 Å². The number of methoxy groups -OCH3 is 1. The number of nitrogens with zero attached hydrogens (tertiary/aromatic N) is 3. The van der Waals surface area contributed by atoms with Gasteiger partial charge in [-0.25, -0.2) is 8.42 Å².